The van der Waals surface area contributed by atoms with E-state index < -0.39 is 5.60 Å². The summed E-state index contributed by atoms with van der Waals surface area (Å²) >= 11 is 0. The van der Waals surface area contributed by atoms with Crippen LogP contribution in [0.25, 0.3) is 0 Å². The lowest BCUT2D eigenvalue weighted by Gasteiger charge is -2.49. The van der Waals surface area contributed by atoms with Crippen LogP contribution in [-0.2, 0) is 9.53 Å². The lowest BCUT2D eigenvalue weighted by molar-refractivity contribution is -0.181. The van der Waals surface area contributed by atoms with Crippen molar-refractivity contribution in [2.24, 2.45) is 5.92 Å². The largest absolute Gasteiger partial charge is 0.390 e. The number of carbonyl (C=O) groups is 1. The fourth-order valence-electron chi connectivity index (χ4n) is 3.68. The molecule has 1 atom stereocenters. The SMILES string of the molecule is CC[C@]1(O)CCOC2(CCN(C(=O)CC3CC3)CC2)C1. The van der Waals surface area contributed by atoms with Crippen molar-refractivity contribution in [3.05, 3.63) is 0 Å². The van der Waals surface area contributed by atoms with Crippen LogP contribution in [0.1, 0.15) is 58.3 Å². The summed E-state index contributed by atoms with van der Waals surface area (Å²) in [5, 5.41) is 10.5. The molecular weight excluding hydrogens is 254 g/mol. The Bertz CT molecular complexity index is 372. The monoisotopic (exact) mass is 281 g/mol. The summed E-state index contributed by atoms with van der Waals surface area (Å²) in [5.41, 5.74) is -0.738. The molecule has 2 heterocycles. The number of hydrogen-bond donors (Lipinski definition) is 1. The molecule has 1 spiro atoms. The van der Waals surface area contributed by atoms with Gasteiger partial charge in [-0.1, -0.05) is 6.92 Å². The minimum absolute atomic E-state index is 0.181. The number of piperidine rings is 1. The Labute approximate surface area is 121 Å². The van der Waals surface area contributed by atoms with E-state index >= 15 is 0 Å². The van der Waals surface area contributed by atoms with Gasteiger partial charge in [0.25, 0.3) is 0 Å². The van der Waals surface area contributed by atoms with Crippen LogP contribution < -0.4 is 0 Å². The van der Waals surface area contributed by atoms with E-state index in [1.165, 1.54) is 12.8 Å². The van der Waals surface area contributed by atoms with Gasteiger partial charge in [0.05, 0.1) is 17.8 Å². The smallest absolute Gasteiger partial charge is 0.222 e. The highest BCUT2D eigenvalue weighted by Crippen LogP contribution is 2.41. The quantitative estimate of drug-likeness (QED) is 0.862. The van der Waals surface area contributed by atoms with E-state index in [2.05, 4.69) is 0 Å². The molecule has 2 saturated heterocycles. The van der Waals surface area contributed by atoms with Crippen molar-refractivity contribution in [2.45, 2.75) is 69.5 Å². The van der Waals surface area contributed by atoms with Gasteiger partial charge in [-0.2, -0.15) is 0 Å². The molecule has 1 amide bonds. The predicted octanol–water partition coefficient (Wildman–Crippen LogP) is 2.10. The molecule has 114 valence electrons. The second-order valence-electron chi connectivity index (χ2n) is 7.06. The van der Waals surface area contributed by atoms with Crippen molar-refractivity contribution in [3.8, 4) is 0 Å². The molecule has 0 aromatic heterocycles. The van der Waals surface area contributed by atoms with Crippen LogP contribution in [0.5, 0.6) is 0 Å². The van der Waals surface area contributed by atoms with E-state index in [9.17, 15) is 9.90 Å². The van der Waals surface area contributed by atoms with Gasteiger partial charge in [0.1, 0.15) is 0 Å². The first-order valence-electron chi connectivity index (χ1n) is 8.18. The Morgan fingerprint density at radius 1 is 1.30 bits per heavy atom. The summed E-state index contributed by atoms with van der Waals surface area (Å²) in [7, 11) is 0. The molecule has 0 bridgehead atoms. The van der Waals surface area contributed by atoms with Gasteiger partial charge in [0.15, 0.2) is 0 Å². The number of likely N-dealkylation sites (tertiary alicyclic amines) is 1. The first-order valence-corrected chi connectivity index (χ1v) is 8.18. The zero-order valence-corrected chi connectivity index (χ0v) is 12.6. The second-order valence-corrected chi connectivity index (χ2v) is 7.06. The highest BCUT2D eigenvalue weighted by molar-refractivity contribution is 5.76. The molecule has 2 aliphatic heterocycles. The van der Waals surface area contributed by atoms with E-state index in [4.69, 9.17) is 4.74 Å². The summed E-state index contributed by atoms with van der Waals surface area (Å²) < 4.78 is 6.03. The molecule has 1 aliphatic carbocycles. The third-order valence-electron chi connectivity index (χ3n) is 5.47. The van der Waals surface area contributed by atoms with E-state index in [0.29, 0.717) is 18.4 Å². The molecule has 0 aromatic carbocycles. The number of carbonyl (C=O) groups excluding carboxylic acids is 1. The third-order valence-corrected chi connectivity index (χ3v) is 5.47. The fourth-order valence-corrected chi connectivity index (χ4v) is 3.68. The number of ether oxygens (including phenoxy) is 1. The van der Waals surface area contributed by atoms with E-state index in [1.807, 2.05) is 11.8 Å². The Morgan fingerprint density at radius 3 is 2.60 bits per heavy atom. The fraction of sp³-hybridized carbons (Fsp3) is 0.938. The second kappa shape index (κ2) is 5.30. The molecule has 3 aliphatic rings. The average Bonchev–Trinajstić information content (AvgIpc) is 3.23. The van der Waals surface area contributed by atoms with E-state index in [-0.39, 0.29) is 5.60 Å². The number of hydrogen-bond acceptors (Lipinski definition) is 3. The van der Waals surface area contributed by atoms with Crippen LogP contribution in [0.3, 0.4) is 0 Å². The first-order chi connectivity index (χ1) is 9.54. The van der Waals surface area contributed by atoms with Gasteiger partial charge < -0.3 is 14.7 Å². The average molecular weight is 281 g/mol. The molecule has 20 heavy (non-hydrogen) atoms. The molecule has 4 heteroatoms. The number of aliphatic hydroxyl groups is 1. The Balaban J connectivity index is 1.55. The van der Waals surface area contributed by atoms with E-state index in [0.717, 1.165) is 51.6 Å². The van der Waals surface area contributed by atoms with Gasteiger partial charge in [-0.25, -0.2) is 0 Å². The van der Waals surface area contributed by atoms with Gasteiger partial charge in [-0.15, -0.1) is 0 Å². The lowest BCUT2D eigenvalue weighted by Crippen LogP contribution is -2.55. The van der Waals surface area contributed by atoms with Crippen LogP contribution >= 0.6 is 0 Å². The normalized spacial score (nSPS) is 33.4. The molecule has 1 saturated carbocycles. The zero-order valence-electron chi connectivity index (χ0n) is 12.6. The lowest BCUT2D eigenvalue weighted by atomic mass is 9.76. The Morgan fingerprint density at radius 2 is 2.00 bits per heavy atom. The summed E-state index contributed by atoms with van der Waals surface area (Å²) in [4.78, 5) is 14.1. The highest BCUT2D eigenvalue weighted by atomic mass is 16.5. The van der Waals surface area contributed by atoms with Crippen molar-refractivity contribution in [3.63, 3.8) is 0 Å². The van der Waals surface area contributed by atoms with Crippen LogP contribution in [0.4, 0.5) is 0 Å². The number of rotatable bonds is 3. The van der Waals surface area contributed by atoms with Crippen molar-refractivity contribution < 1.29 is 14.6 Å². The predicted molar refractivity (Wildman–Crippen MR) is 76.3 cm³/mol. The first kappa shape index (κ1) is 14.3. The van der Waals surface area contributed by atoms with Gasteiger partial charge >= 0.3 is 0 Å². The number of amides is 1. The molecule has 0 radical (unpaired) electrons. The van der Waals surface area contributed by atoms with Crippen LogP contribution in [-0.4, -0.2) is 46.8 Å². The van der Waals surface area contributed by atoms with E-state index in [1.54, 1.807) is 0 Å². The summed E-state index contributed by atoms with van der Waals surface area (Å²) in [6, 6.07) is 0. The molecular formula is C16H27NO3. The maximum atomic E-state index is 12.1. The molecule has 0 aromatic rings. The summed E-state index contributed by atoms with van der Waals surface area (Å²) in [6.07, 6.45) is 7.25. The minimum atomic E-state index is -0.557. The van der Waals surface area contributed by atoms with Gasteiger partial charge in [-0.05, 0) is 44.4 Å². The Hall–Kier alpha value is -0.610. The Kier molecular flexibility index (Phi) is 3.80. The van der Waals surface area contributed by atoms with Crippen LogP contribution in [0, 0.1) is 5.92 Å². The molecule has 4 nitrogen and oxygen atoms in total. The summed E-state index contributed by atoms with van der Waals surface area (Å²) in [5.74, 6) is 0.985. The van der Waals surface area contributed by atoms with Crippen molar-refractivity contribution >= 4 is 5.91 Å². The number of nitrogens with zero attached hydrogens (tertiary/aromatic N) is 1. The van der Waals surface area contributed by atoms with Crippen LogP contribution in [0.2, 0.25) is 0 Å². The summed E-state index contributed by atoms with van der Waals surface area (Å²) in [6.45, 7) is 4.30. The molecule has 0 unspecified atom stereocenters. The standard InChI is InChI=1S/C16H27NO3/c1-2-15(19)7-10-20-16(12-15)5-8-17(9-6-16)14(18)11-13-3-4-13/h13,19H,2-12H2,1H3/t15-/m0/s1. The van der Waals surface area contributed by atoms with Crippen LogP contribution in [0.15, 0.2) is 0 Å². The molecule has 3 fully saturated rings. The maximum Gasteiger partial charge on any atom is 0.222 e. The van der Waals surface area contributed by atoms with Crippen molar-refractivity contribution in [1.82, 2.24) is 4.90 Å². The topological polar surface area (TPSA) is 49.8 Å². The van der Waals surface area contributed by atoms with Crippen molar-refractivity contribution in [1.29, 1.82) is 0 Å². The molecule has 3 rings (SSSR count). The van der Waals surface area contributed by atoms with Gasteiger partial charge in [-0.3, -0.25) is 4.79 Å². The molecule has 1 N–H and O–H groups in total. The zero-order chi connectivity index (χ0) is 14.2. The third kappa shape index (κ3) is 3.01. The minimum Gasteiger partial charge on any atom is -0.390 e. The maximum absolute atomic E-state index is 12.1. The van der Waals surface area contributed by atoms with Gasteiger partial charge in [0.2, 0.25) is 5.91 Å². The van der Waals surface area contributed by atoms with Crippen molar-refractivity contribution in [2.75, 3.05) is 19.7 Å². The highest BCUT2D eigenvalue weighted by Gasteiger charge is 2.46. The van der Waals surface area contributed by atoms with Gasteiger partial charge in [0, 0.05) is 25.9 Å².